The van der Waals surface area contributed by atoms with Crippen LogP contribution < -0.4 is 0 Å². The summed E-state index contributed by atoms with van der Waals surface area (Å²) in [6.07, 6.45) is -3.53. The van der Waals surface area contributed by atoms with Gasteiger partial charge in [0, 0.05) is 11.8 Å². The average Bonchev–Trinajstić information content (AvgIpc) is 3.39. The minimum atomic E-state index is -1.62. The van der Waals surface area contributed by atoms with Crippen LogP contribution in [-0.2, 0) is 9.53 Å². The first kappa shape index (κ1) is 22.1. The summed E-state index contributed by atoms with van der Waals surface area (Å²) < 4.78 is 11.3. The molecular formula is C25H21N3O6. The van der Waals surface area contributed by atoms with E-state index in [0.29, 0.717) is 23.0 Å². The van der Waals surface area contributed by atoms with E-state index in [0.717, 1.165) is 16.7 Å². The standard InChI is InChI=1S/C25H21N3O6/c29-13-19-20(30)21(31)22(32)23(33-19)17-5-3-4-16(12-17)14-7-9-15(10-8-14)24-27-28-25(34-24)18-6-1-2-11-26-18/h1-12,19,21-23,29,31-32H,13H2. The average molecular weight is 459 g/mol. The topological polar surface area (TPSA) is 139 Å². The molecule has 5 rings (SSSR count). The Balaban J connectivity index is 1.38. The number of hydrogen-bond acceptors (Lipinski definition) is 9. The lowest BCUT2D eigenvalue weighted by molar-refractivity contribution is -0.188. The quantitative estimate of drug-likeness (QED) is 0.410. The fourth-order valence-electron chi connectivity index (χ4n) is 3.89. The maximum Gasteiger partial charge on any atom is 0.266 e. The molecule has 0 amide bonds. The fraction of sp³-hybridized carbons (Fsp3) is 0.200. The molecule has 4 unspecified atom stereocenters. The van der Waals surface area contributed by atoms with Crippen molar-refractivity contribution >= 4 is 5.78 Å². The van der Waals surface area contributed by atoms with Gasteiger partial charge in [0.05, 0.1) is 6.61 Å². The molecule has 0 aliphatic carbocycles. The molecule has 3 heterocycles. The predicted molar refractivity (Wildman–Crippen MR) is 120 cm³/mol. The third-order valence-electron chi connectivity index (χ3n) is 5.71. The van der Waals surface area contributed by atoms with E-state index in [1.54, 1.807) is 24.4 Å². The van der Waals surface area contributed by atoms with Gasteiger partial charge in [-0.15, -0.1) is 10.2 Å². The fourth-order valence-corrected chi connectivity index (χ4v) is 3.89. The van der Waals surface area contributed by atoms with Crippen LogP contribution in [-0.4, -0.2) is 61.2 Å². The van der Waals surface area contributed by atoms with Crippen LogP contribution in [0.2, 0.25) is 0 Å². The number of aliphatic hydroxyl groups excluding tert-OH is 3. The Morgan fingerprint density at radius 3 is 2.35 bits per heavy atom. The number of carbonyl (C=O) groups excluding carboxylic acids is 1. The minimum absolute atomic E-state index is 0.334. The molecule has 2 aromatic heterocycles. The number of Topliss-reactive ketones (excluding diaryl/α,β-unsaturated/α-hetero) is 1. The van der Waals surface area contributed by atoms with Gasteiger partial charge >= 0.3 is 0 Å². The Morgan fingerprint density at radius 1 is 0.853 bits per heavy atom. The molecule has 1 saturated heterocycles. The highest BCUT2D eigenvalue weighted by Crippen LogP contribution is 2.33. The number of aromatic nitrogens is 3. The number of benzene rings is 2. The summed E-state index contributed by atoms with van der Waals surface area (Å²) in [4.78, 5) is 16.2. The van der Waals surface area contributed by atoms with Gasteiger partial charge in [-0.3, -0.25) is 9.78 Å². The molecule has 9 heteroatoms. The summed E-state index contributed by atoms with van der Waals surface area (Å²) in [7, 11) is 0. The Hall–Kier alpha value is -3.76. The number of carbonyl (C=O) groups is 1. The molecule has 9 nitrogen and oxygen atoms in total. The van der Waals surface area contributed by atoms with Crippen LogP contribution in [0.5, 0.6) is 0 Å². The van der Waals surface area contributed by atoms with Crippen molar-refractivity contribution in [2.45, 2.75) is 24.4 Å². The van der Waals surface area contributed by atoms with Crippen molar-refractivity contribution in [1.82, 2.24) is 15.2 Å². The number of nitrogens with zero attached hydrogens (tertiary/aromatic N) is 3. The van der Waals surface area contributed by atoms with E-state index in [1.165, 1.54) is 0 Å². The van der Waals surface area contributed by atoms with Crippen LogP contribution in [0.3, 0.4) is 0 Å². The monoisotopic (exact) mass is 459 g/mol. The summed E-state index contributed by atoms with van der Waals surface area (Å²) in [5, 5.41) is 38.0. The normalized spacial score (nSPS) is 22.6. The highest BCUT2D eigenvalue weighted by Gasteiger charge is 2.43. The lowest BCUT2D eigenvalue weighted by Crippen LogP contribution is -2.52. The molecule has 1 aliphatic heterocycles. The largest absolute Gasteiger partial charge is 0.415 e. The first-order chi connectivity index (χ1) is 16.5. The molecule has 172 valence electrons. The summed E-state index contributed by atoms with van der Waals surface area (Å²) >= 11 is 0. The molecule has 1 aliphatic rings. The highest BCUT2D eigenvalue weighted by atomic mass is 16.5. The summed E-state index contributed by atoms with van der Waals surface area (Å²) in [5.74, 6) is -0.0288. The maximum atomic E-state index is 11.9. The lowest BCUT2D eigenvalue weighted by Gasteiger charge is -2.35. The van der Waals surface area contributed by atoms with Gasteiger partial charge in [-0.2, -0.15) is 0 Å². The van der Waals surface area contributed by atoms with Crippen LogP contribution in [0.4, 0.5) is 0 Å². The van der Waals surface area contributed by atoms with Crippen molar-refractivity contribution in [1.29, 1.82) is 0 Å². The van der Waals surface area contributed by atoms with Gasteiger partial charge in [-0.05, 0) is 47.0 Å². The van der Waals surface area contributed by atoms with Crippen molar-refractivity contribution in [3.8, 4) is 34.2 Å². The van der Waals surface area contributed by atoms with Gasteiger partial charge in [-0.1, -0.05) is 36.4 Å². The van der Waals surface area contributed by atoms with E-state index in [4.69, 9.17) is 9.15 Å². The zero-order chi connectivity index (χ0) is 23.7. The number of hydrogen-bond donors (Lipinski definition) is 3. The molecule has 4 aromatic rings. The number of rotatable bonds is 5. The lowest BCUT2D eigenvalue weighted by atomic mass is 9.91. The molecule has 1 fully saturated rings. The number of ketones is 1. The third kappa shape index (κ3) is 4.13. The van der Waals surface area contributed by atoms with Gasteiger partial charge in [0.1, 0.15) is 30.1 Å². The van der Waals surface area contributed by atoms with Crippen LogP contribution in [0.25, 0.3) is 34.2 Å². The van der Waals surface area contributed by atoms with Crippen molar-refractivity contribution in [3.63, 3.8) is 0 Å². The molecule has 34 heavy (non-hydrogen) atoms. The van der Waals surface area contributed by atoms with Crippen molar-refractivity contribution in [2.24, 2.45) is 0 Å². The summed E-state index contributed by atoms with van der Waals surface area (Å²) in [6.45, 7) is -0.571. The zero-order valence-electron chi connectivity index (χ0n) is 17.9. The smallest absolute Gasteiger partial charge is 0.266 e. The molecule has 0 spiro atoms. The second-order valence-electron chi connectivity index (χ2n) is 7.90. The third-order valence-corrected chi connectivity index (χ3v) is 5.71. The van der Waals surface area contributed by atoms with E-state index >= 15 is 0 Å². The molecule has 2 aromatic carbocycles. The molecule has 0 radical (unpaired) electrons. The Labute approximate surface area is 194 Å². The van der Waals surface area contributed by atoms with Gasteiger partial charge in [0.2, 0.25) is 5.89 Å². The SMILES string of the molecule is O=C1C(CO)OC(c2cccc(-c3ccc(-c4nnc(-c5ccccn5)o4)cc3)c2)C(O)C1O. The van der Waals surface area contributed by atoms with Gasteiger partial charge < -0.3 is 24.5 Å². The van der Waals surface area contributed by atoms with E-state index < -0.39 is 36.8 Å². The second-order valence-corrected chi connectivity index (χ2v) is 7.90. The van der Waals surface area contributed by atoms with E-state index in [-0.39, 0.29) is 0 Å². The van der Waals surface area contributed by atoms with Crippen LogP contribution in [0.1, 0.15) is 11.7 Å². The Bertz CT molecular complexity index is 1290. The van der Waals surface area contributed by atoms with Gasteiger partial charge in [0.15, 0.2) is 5.78 Å². The number of ether oxygens (including phenoxy) is 1. The molecule has 0 bridgehead atoms. The van der Waals surface area contributed by atoms with Crippen molar-refractivity contribution in [3.05, 3.63) is 78.5 Å². The molecule has 3 N–H and O–H groups in total. The van der Waals surface area contributed by atoms with Crippen molar-refractivity contribution in [2.75, 3.05) is 6.61 Å². The molecular weight excluding hydrogens is 438 g/mol. The van der Waals surface area contributed by atoms with Crippen LogP contribution in [0.15, 0.2) is 77.3 Å². The summed E-state index contributed by atoms with van der Waals surface area (Å²) in [5.41, 5.74) is 3.64. The number of pyridine rings is 1. The predicted octanol–water partition coefficient (Wildman–Crippen LogP) is 2.19. The zero-order valence-corrected chi connectivity index (χ0v) is 17.9. The Kier molecular flexibility index (Phi) is 5.99. The van der Waals surface area contributed by atoms with E-state index in [9.17, 15) is 20.1 Å². The van der Waals surface area contributed by atoms with Gasteiger partial charge in [0.25, 0.3) is 5.89 Å². The van der Waals surface area contributed by atoms with E-state index in [1.807, 2.05) is 48.5 Å². The summed E-state index contributed by atoms with van der Waals surface area (Å²) in [6, 6.07) is 20.2. The van der Waals surface area contributed by atoms with E-state index in [2.05, 4.69) is 15.2 Å². The maximum absolute atomic E-state index is 11.9. The minimum Gasteiger partial charge on any atom is -0.415 e. The Morgan fingerprint density at radius 2 is 1.62 bits per heavy atom. The number of aliphatic hydroxyl groups is 3. The van der Waals surface area contributed by atoms with Crippen LogP contribution in [0, 0.1) is 0 Å². The second kappa shape index (κ2) is 9.24. The van der Waals surface area contributed by atoms with Crippen molar-refractivity contribution < 1.29 is 29.3 Å². The first-order valence-electron chi connectivity index (χ1n) is 10.7. The van der Waals surface area contributed by atoms with Crippen LogP contribution >= 0.6 is 0 Å². The first-order valence-corrected chi connectivity index (χ1v) is 10.7. The highest BCUT2D eigenvalue weighted by molar-refractivity contribution is 5.88. The van der Waals surface area contributed by atoms with Gasteiger partial charge in [-0.25, -0.2) is 0 Å². The molecule has 4 atom stereocenters. The molecule has 0 saturated carbocycles.